The van der Waals surface area contributed by atoms with Crippen molar-refractivity contribution >= 4 is 50.3 Å². The number of halogens is 3. The molecule has 1 amide bonds. The predicted molar refractivity (Wildman–Crippen MR) is 99.7 cm³/mol. The summed E-state index contributed by atoms with van der Waals surface area (Å²) < 4.78 is 20.0. The van der Waals surface area contributed by atoms with Crippen LogP contribution < -0.4 is 9.64 Å². The number of ether oxygens (including phenoxy) is 1. The number of hydrogen-bond acceptors (Lipinski definition) is 6. The molecule has 1 atom stereocenters. The predicted octanol–water partition coefficient (Wildman–Crippen LogP) is 3.28. The minimum Gasteiger partial charge on any atom is -0.495 e. The van der Waals surface area contributed by atoms with E-state index in [-0.39, 0.29) is 40.5 Å². The third kappa shape index (κ3) is 3.57. The molecule has 8 nitrogen and oxygen atoms in total. The highest BCUT2D eigenvalue weighted by molar-refractivity contribution is 9.10. The van der Waals surface area contributed by atoms with E-state index in [0.717, 1.165) is 0 Å². The molecule has 1 aliphatic rings. The average molecular weight is 459 g/mol. The van der Waals surface area contributed by atoms with E-state index in [1.54, 1.807) is 11.0 Å². The van der Waals surface area contributed by atoms with Crippen LogP contribution in [-0.2, 0) is 0 Å². The molecule has 3 rings (SSSR count). The van der Waals surface area contributed by atoms with E-state index in [0.29, 0.717) is 17.7 Å². The fourth-order valence-corrected chi connectivity index (χ4v) is 3.74. The van der Waals surface area contributed by atoms with Crippen molar-refractivity contribution in [1.29, 1.82) is 5.26 Å². The number of benzene rings is 1. The van der Waals surface area contributed by atoms with Gasteiger partial charge in [-0.15, -0.1) is 0 Å². The highest BCUT2D eigenvalue weighted by Crippen LogP contribution is 2.37. The highest BCUT2D eigenvalue weighted by Gasteiger charge is 2.32. The number of aromatic nitrogens is 2. The maximum absolute atomic E-state index is 14.7. The number of nitrogens with zero attached hydrogens (tertiary/aromatic N) is 5. The fourth-order valence-electron chi connectivity index (χ4n) is 3.11. The molecule has 1 aromatic heterocycles. The Morgan fingerprint density at radius 3 is 2.93 bits per heavy atom. The summed E-state index contributed by atoms with van der Waals surface area (Å²) in [5, 5.41) is 18.6. The monoisotopic (exact) mass is 457 g/mol. The van der Waals surface area contributed by atoms with Gasteiger partial charge in [-0.1, -0.05) is 0 Å². The molecule has 1 fully saturated rings. The van der Waals surface area contributed by atoms with E-state index >= 15 is 0 Å². The van der Waals surface area contributed by atoms with Gasteiger partial charge in [0.1, 0.15) is 17.1 Å². The van der Waals surface area contributed by atoms with Gasteiger partial charge in [-0.2, -0.15) is 10.2 Å². The van der Waals surface area contributed by atoms with Gasteiger partial charge in [0, 0.05) is 25.0 Å². The molecule has 0 bridgehead atoms. The Morgan fingerprint density at radius 1 is 1.56 bits per heavy atom. The first-order chi connectivity index (χ1) is 12.9. The molecule has 11 heteroatoms. The molecule has 0 unspecified atom stereocenters. The third-order valence-electron chi connectivity index (χ3n) is 4.37. The summed E-state index contributed by atoms with van der Waals surface area (Å²) in [7, 11) is 1.41. The largest absolute Gasteiger partial charge is 0.495 e. The van der Waals surface area contributed by atoms with Crippen LogP contribution in [0.3, 0.4) is 0 Å². The first kappa shape index (κ1) is 19.4. The summed E-state index contributed by atoms with van der Waals surface area (Å²) in [6, 6.07) is 3.06. The van der Waals surface area contributed by atoms with Crippen LogP contribution in [0, 0.1) is 17.1 Å². The molecule has 1 aliphatic heterocycles. The van der Waals surface area contributed by atoms with E-state index < -0.39 is 18.0 Å². The number of amides is 1. The zero-order valence-corrected chi connectivity index (χ0v) is 16.5. The Hall–Kier alpha value is -2.38. The summed E-state index contributed by atoms with van der Waals surface area (Å²) in [6.45, 7) is 0.722. The normalized spacial score (nSPS) is 17.1. The molecular formula is C16H14BrClFN5O3. The lowest BCUT2D eigenvalue weighted by atomic mass is 10.1. The molecule has 2 aromatic rings. The second-order valence-electron chi connectivity index (χ2n) is 5.86. The van der Waals surface area contributed by atoms with E-state index in [1.807, 2.05) is 6.07 Å². The maximum Gasteiger partial charge on any atom is 0.407 e. The van der Waals surface area contributed by atoms with Crippen LogP contribution in [0.25, 0.3) is 10.9 Å². The second-order valence-corrected chi connectivity index (χ2v) is 6.99. The molecule has 0 aliphatic carbocycles. The zero-order valence-electron chi connectivity index (χ0n) is 14.1. The van der Waals surface area contributed by atoms with Gasteiger partial charge in [0.15, 0.2) is 5.82 Å². The molecule has 27 heavy (non-hydrogen) atoms. The quantitative estimate of drug-likeness (QED) is 0.704. The van der Waals surface area contributed by atoms with Crippen molar-refractivity contribution in [2.75, 3.05) is 31.6 Å². The number of carbonyl (C=O) groups is 1. The summed E-state index contributed by atoms with van der Waals surface area (Å²) in [4.78, 5) is 22.6. The number of hydrogen-bond donors (Lipinski definition) is 1. The number of anilines is 1. The zero-order chi connectivity index (χ0) is 19.7. The van der Waals surface area contributed by atoms with Crippen LogP contribution in [0.2, 0.25) is 5.28 Å². The van der Waals surface area contributed by atoms with Crippen LogP contribution in [0.5, 0.6) is 5.75 Å². The molecule has 1 aromatic carbocycles. The number of nitriles is 1. The van der Waals surface area contributed by atoms with Gasteiger partial charge < -0.3 is 19.6 Å². The lowest BCUT2D eigenvalue weighted by molar-refractivity contribution is 0.119. The summed E-state index contributed by atoms with van der Waals surface area (Å²) >= 11 is 9.13. The van der Waals surface area contributed by atoms with Crippen molar-refractivity contribution in [3.63, 3.8) is 0 Å². The summed E-state index contributed by atoms with van der Waals surface area (Å²) in [6.07, 6.45) is -1.06. The van der Waals surface area contributed by atoms with Crippen LogP contribution in [-0.4, -0.2) is 58.9 Å². The Morgan fingerprint density at radius 2 is 2.30 bits per heavy atom. The van der Waals surface area contributed by atoms with Gasteiger partial charge >= 0.3 is 6.09 Å². The van der Waals surface area contributed by atoms with Gasteiger partial charge in [-0.25, -0.2) is 14.2 Å². The number of carboxylic acid groups (broad SMARTS) is 1. The van der Waals surface area contributed by atoms with Gasteiger partial charge in [-0.3, -0.25) is 0 Å². The maximum atomic E-state index is 14.7. The summed E-state index contributed by atoms with van der Waals surface area (Å²) in [5.41, 5.74) is 0.0233. The molecule has 1 N–H and O–H groups in total. The topological polar surface area (TPSA) is 103 Å². The molecule has 142 valence electrons. The SMILES string of the molecule is COc1cc2c(N3CCN(C(=O)O)[C@@H](CC#N)C3)nc(Cl)nc2c(F)c1Br. The van der Waals surface area contributed by atoms with E-state index in [4.69, 9.17) is 21.6 Å². The Kier molecular flexibility index (Phi) is 5.53. The van der Waals surface area contributed by atoms with Crippen molar-refractivity contribution in [2.45, 2.75) is 12.5 Å². The molecule has 0 spiro atoms. The van der Waals surface area contributed by atoms with Crippen molar-refractivity contribution in [3.05, 3.63) is 21.6 Å². The minimum atomic E-state index is -1.09. The van der Waals surface area contributed by atoms with Gasteiger partial charge in [-0.05, 0) is 33.6 Å². The second kappa shape index (κ2) is 7.70. The fraction of sp³-hybridized carbons (Fsp3) is 0.375. The van der Waals surface area contributed by atoms with E-state index in [1.165, 1.54) is 12.0 Å². The first-order valence-corrected chi connectivity index (χ1v) is 9.05. The molecular weight excluding hydrogens is 445 g/mol. The van der Waals surface area contributed by atoms with E-state index in [9.17, 15) is 14.3 Å². The van der Waals surface area contributed by atoms with Crippen LogP contribution in [0.1, 0.15) is 6.42 Å². The number of fused-ring (bicyclic) bond motifs is 1. The molecule has 0 radical (unpaired) electrons. The van der Waals surface area contributed by atoms with Gasteiger partial charge in [0.25, 0.3) is 0 Å². The number of piperazine rings is 1. The number of methoxy groups -OCH3 is 1. The highest BCUT2D eigenvalue weighted by atomic mass is 79.9. The summed E-state index contributed by atoms with van der Waals surface area (Å²) in [5.74, 6) is 0.000226. The molecule has 1 saturated heterocycles. The van der Waals surface area contributed by atoms with Crippen molar-refractivity contribution in [2.24, 2.45) is 0 Å². The van der Waals surface area contributed by atoms with Crippen molar-refractivity contribution in [3.8, 4) is 11.8 Å². The van der Waals surface area contributed by atoms with Crippen LogP contribution >= 0.6 is 27.5 Å². The average Bonchev–Trinajstić information content (AvgIpc) is 2.64. The Balaban J connectivity index is 2.10. The lowest BCUT2D eigenvalue weighted by Crippen LogP contribution is -2.55. The number of rotatable bonds is 3. The molecule has 0 saturated carbocycles. The Bertz CT molecular complexity index is 954. The third-order valence-corrected chi connectivity index (χ3v) is 5.27. The van der Waals surface area contributed by atoms with Crippen LogP contribution in [0.4, 0.5) is 15.0 Å². The standard InChI is InChI=1S/C16H14BrClFN5O3/c1-27-10-6-9-13(12(19)11(10)17)21-15(18)22-14(9)23-4-5-24(16(25)26)8(7-23)2-3-20/h6,8H,2,4-5,7H2,1H3,(H,25,26)/t8-/m0/s1. The van der Waals surface area contributed by atoms with Crippen LogP contribution in [0.15, 0.2) is 10.5 Å². The van der Waals surface area contributed by atoms with Gasteiger partial charge in [0.05, 0.1) is 30.1 Å². The smallest absolute Gasteiger partial charge is 0.407 e. The lowest BCUT2D eigenvalue weighted by Gasteiger charge is -2.39. The van der Waals surface area contributed by atoms with Gasteiger partial charge in [0.2, 0.25) is 5.28 Å². The van der Waals surface area contributed by atoms with Crippen molar-refractivity contribution in [1.82, 2.24) is 14.9 Å². The minimum absolute atomic E-state index is 0.0233. The van der Waals surface area contributed by atoms with Crippen molar-refractivity contribution < 1.29 is 19.0 Å². The van der Waals surface area contributed by atoms with E-state index in [2.05, 4.69) is 25.9 Å². The molecule has 2 heterocycles. The first-order valence-electron chi connectivity index (χ1n) is 7.88. The Labute approximate surface area is 167 Å².